The Bertz CT molecular complexity index is 457. The van der Waals surface area contributed by atoms with E-state index in [0.717, 1.165) is 11.3 Å². The number of carbonyl (C=O) groups is 2. The number of hydrogen-bond donors (Lipinski definition) is 3. The van der Waals surface area contributed by atoms with Crippen molar-refractivity contribution < 1.29 is 19.4 Å². The molecule has 20 heavy (non-hydrogen) atoms. The van der Waals surface area contributed by atoms with Gasteiger partial charge in [-0.1, -0.05) is 26.0 Å². The summed E-state index contributed by atoms with van der Waals surface area (Å²) in [5.41, 5.74) is 0.900. The van der Waals surface area contributed by atoms with Gasteiger partial charge in [0.25, 0.3) is 0 Å². The van der Waals surface area contributed by atoms with Gasteiger partial charge in [-0.25, -0.2) is 9.59 Å². The zero-order valence-corrected chi connectivity index (χ0v) is 11.8. The van der Waals surface area contributed by atoms with E-state index in [1.54, 1.807) is 33.1 Å². The van der Waals surface area contributed by atoms with Gasteiger partial charge in [0.1, 0.15) is 11.8 Å². The average molecular weight is 280 g/mol. The van der Waals surface area contributed by atoms with Crippen molar-refractivity contribution in [3.8, 4) is 5.75 Å². The molecule has 1 atom stereocenters. The quantitative estimate of drug-likeness (QED) is 0.738. The maximum atomic E-state index is 11.6. The highest BCUT2D eigenvalue weighted by Gasteiger charge is 2.23. The third kappa shape index (κ3) is 4.79. The number of rotatable bonds is 6. The summed E-state index contributed by atoms with van der Waals surface area (Å²) in [6, 6.07) is 5.85. The van der Waals surface area contributed by atoms with Crippen LogP contribution < -0.4 is 15.4 Å². The summed E-state index contributed by atoms with van der Waals surface area (Å²) in [6.07, 6.45) is 0. The summed E-state index contributed by atoms with van der Waals surface area (Å²) in [6.45, 7) is 3.80. The normalized spacial score (nSPS) is 11.8. The van der Waals surface area contributed by atoms with Crippen LogP contribution in [0.3, 0.4) is 0 Å². The number of benzene rings is 1. The molecule has 0 aromatic heterocycles. The highest BCUT2D eigenvalue weighted by molar-refractivity contribution is 5.82. The minimum Gasteiger partial charge on any atom is -0.497 e. The van der Waals surface area contributed by atoms with E-state index >= 15 is 0 Å². The standard InChI is InChI=1S/C14H20N2O4/c1-9(2)12(13(17)18)16-14(19)15-8-10-4-6-11(20-3)7-5-10/h4-7,9,12H,8H2,1-3H3,(H,17,18)(H2,15,16,19). The topological polar surface area (TPSA) is 87.7 Å². The first kappa shape index (κ1) is 15.8. The lowest BCUT2D eigenvalue weighted by Crippen LogP contribution is -2.48. The van der Waals surface area contributed by atoms with Crippen LogP contribution in [0.25, 0.3) is 0 Å². The molecule has 6 heteroatoms. The maximum Gasteiger partial charge on any atom is 0.326 e. The van der Waals surface area contributed by atoms with Gasteiger partial charge < -0.3 is 20.5 Å². The van der Waals surface area contributed by atoms with Gasteiger partial charge >= 0.3 is 12.0 Å². The van der Waals surface area contributed by atoms with Crippen molar-refractivity contribution in [1.29, 1.82) is 0 Å². The first-order valence-electron chi connectivity index (χ1n) is 6.34. The lowest BCUT2D eigenvalue weighted by atomic mass is 10.1. The lowest BCUT2D eigenvalue weighted by Gasteiger charge is -2.18. The third-order valence-electron chi connectivity index (χ3n) is 2.83. The van der Waals surface area contributed by atoms with Crippen molar-refractivity contribution >= 4 is 12.0 Å². The second-order valence-electron chi connectivity index (χ2n) is 4.74. The Morgan fingerprint density at radius 2 is 1.85 bits per heavy atom. The van der Waals surface area contributed by atoms with Crippen molar-refractivity contribution in [2.24, 2.45) is 5.92 Å². The Morgan fingerprint density at radius 1 is 1.25 bits per heavy atom. The van der Waals surface area contributed by atoms with Crippen molar-refractivity contribution in [2.75, 3.05) is 7.11 Å². The first-order chi connectivity index (χ1) is 9.43. The predicted molar refractivity (Wildman–Crippen MR) is 74.6 cm³/mol. The van der Waals surface area contributed by atoms with Crippen LogP contribution in [-0.4, -0.2) is 30.3 Å². The van der Waals surface area contributed by atoms with Crippen molar-refractivity contribution in [2.45, 2.75) is 26.4 Å². The fourth-order valence-corrected chi connectivity index (χ4v) is 1.63. The Kier molecular flexibility index (Phi) is 5.83. The van der Waals surface area contributed by atoms with E-state index in [2.05, 4.69) is 10.6 Å². The summed E-state index contributed by atoms with van der Waals surface area (Å²) in [5, 5.41) is 14.0. The number of urea groups is 1. The molecular weight excluding hydrogens is 260 g/mol. The molecule has 1 rings (SSSR count). The summed E-state index contributed by atoms with van der Waals surface area (Å²) in [7, 11) is 1.58. The fraction of sp³-hybridized carbons (Fsp3) is 0.429. The van der Waals surface area contributed by atoms with Crippen LogP contribution >= 0.6 is 0 Å². The molecule has 0 spiro atoms. The van der Waals surface area contributed by atoms with Gasteiger partial charge in [-0.2, -0.15) is 0 Å². The number of ether oxygens (including phenoxy) is 1. The van der Waals surface area contributed by atoms with E-state index in [-0.39, 0.29) is 5.92 Å². The molecule has 0 aliphatic heterocycles. The van der Waals surface area contributed by atoms with Crippen LogP contribution in [0.1, 0.15) is 19.4 Å². The van der Waals surface area contributed by atoms with Crippen molar-refractivity contribution in [3.05, 3.63) is 29.8 Å². The fourth-order valence-electron chi connectivity index (χ4n) is 1.63. The van der Waals surface area contributed by atoms with Gasteiger partial charge in [0.05, 0.1) is 7.11 Å². The zero-order chi connectivity index (χ0) is 15.1. The SMILES string of the molecule is COc1ccc(CNC(=O)NC(C(=O)O)C(C)C)cc1. The van der Waals surface area contributed by atoms with Crippen LogP contribution in [0.4, 0.5) is 4.79 Å². The molecule has 0 heterocycles. The zero-order valence-electron chi connectivity index (χ0n) is 11.8. The van der Waals surface area contributed by atoms with Crippen LogP contribution in [0, 0.1) is 5.92 Å². The number of carboxylic acids is 1. The number of nitrogens with one attached hydrogen (secondary N) is 2. The number of carboxylic acid groups (broad SMARTS) is 1. The van der Waals surface area contributed by atoms with Gasteiger partial charge in [0.15, 0.2) is 0 Å². The van der Waals surface area contributed by atoms with E-state index in [1.165, 1.54) is 0 Å². The number of carbonyl (C=O) groups excluding carboxylic acids is 1. The van der Waals surface area contributed by atoms with E-state index in [4.69, 9.17) is 9.84 Å². The second kappa shape index (κ2) is 7.37. The molecule has 1 aromatic rings. The van der Waals surface area contributed by atoms with Crippen LogP contribution in [0.2, 0.25) is 0 Å². The highest BCUT2D eigenvalue weighted by Crippen LogP contribution is 2.10. The van der Waals surface area contributed by atoms with E-state index < -0.39 is 18.0 Å². The molecular formula is C14H20N2O4. The molecule has 1 aromatic carbocycles. The van der Waals surface area contributed by atoms with Crippen molar-refractivity contribution in [1.82, 2.24) is 10.6 Å². The molecule has 1 unspecified atom stereocenters. The lowest BCUT2D eigenvalue weighted by molar-refractivity contribution is -0.140. The van der Waals surface area contributed by atoms with E-state index in [9.17, 15) is 9.59 Å². The van der Waals surface area contributed by atoms with Gasteiger partial charge in [-0.15, -0.1) is 0 Å². The second-order valence-corrected chi connectivity index (χ2v) is 4.74. The molecule has 0 aliphatic carbocycles. The first-order valence-corrected chi connectivity index (χ1v) is 6.34. The van der Waals surface area contributed by atoms with E-state index in [1.807, 2.05) is 12.1 Å². The summed E-state index contributed by atoms with van der Waals surface area (Å²) >= 11 is 0. The molecule has 0 bridgehead atoms. The molecule has 0 fully saturated rings. The van der Waals surface area contributed by atoms with Crippen LogP contribution in [0.15, 0.2) is 24.3 Å². The number of methoxy groups -OCH3 is 1. The number of amides is 2. The molecule has 3 N–H and O–H groups in total. The minimum absolute atomic E-state index is 0.181. The van der Waals surface area contributed by atoms with Gasteiger partial charge in [-0.05, 0) is 23.6 Å². The smallest absolute Gasteiger partial charge is 0.326 e. The third-order valence-corrected chi connectivity index (χ3v) is 2.83. The number of hydrogen-bond acceptors (Lipinski definition) is 3. The van der Waals surface area contributed by atoms with Crippen molar-refractivity contribution in [3.63, 3.8) is 0 Å². The molecule has 2 amide bonds. The minimum atomic E-state index is -1.04. The van der Waals surface area contributed by atoms with Gasteiger partial charge in [-0.3, -0.25) is 0 Å². The Balaban J connectivity index is 2.47. The van der Waals surface area contributed by atoms with E-state index in [0.29, 0.717) is 6.54 Å². The van der Waals surface area contributed by atoms with Crippen LogP contribution in [0.5, 0.6) is 5.75 Å². The number of aliphatic carboxylic acids is 1. The van der Waals surface area contributed by atoms with Gasteiger partial charge in [0, 0.05) is 6.54 Å². The van der Waals surface area contributed by atoms with Crippen LogP contribution in [-0.2, 0) is 11.3 Å². The Labute approximate surface area is 118 Å². The monoisotopic (exact) mass is 280 g/mol. The predicted octanol–water partition coefficient (Wildman–Crippen LogP) is 1.60. The van der Waals surface area contributed by atoms with Gasteiger partial charge in [0.2, 0.25) is 0 Å². The Hall–Kier alpha value is -2.24. The molecule has 6 nitrogen and oxygen atoms in total. The molecule has 0 saturated heterocycles. The molecule has 0 saturated carbocycles. The summed E-state index contributed by atoms with van der Waals surface area (Å²) < 4.78 is 5.04. The largest absolute Gasteiger partial charge is 0.497 e. The maximum absolute atomic E-state index is 11.6. The Morgan fingerprint density at radius 3 is 2.30 bits per heavy atom. The highest BCUT2D eigenvalue weighted by atomic mass is 16.5. The summed E-state index contributed by atoms with van der Waals surface area (Å²) in [5.74, 6) is -0.484. The average Bonchev–Trinajstić information content (AvgIpc) is 2.42. The molecule has 0 aliphatic rings. The summed E-state index contributed by atoms with van der Waals surface area (Å²) in [4.78, 5) is 22.6. The molecule has 0 radical (unpaired) electrons. The molecule has 110 valence electrons.